The lowest BCUT2D eigenvalue weighted by atomic mass is 10.2. The summed E-state index contributed by atoms with van der Waals surface area (Å²) < 4.78 is 11.3. The molecule has 0 unspecified atom stereocenters. The lowest BCUT2D eigenvalue weighted by Gasteiger charge is -2.12. The maximum Gasteiger partial charge on any atom is 0.161 e. The van der Waals surface area contributed by atoms with Gasteiger partial charge in [-0.3, -0.25) is 0 Å². The van der Waals surface area contributed by atoms with Gasteiger partial charge < -0.3 is 15.2 Å². The molecule has 1 heterocycles. The van der Waals surface area contributed by atoms with Crippen LogP contribution >= 0.6 is 0 Å². The van der Waals surface area contributed by atoms with Gasteiger partial charge in [0, 0.05) is 11.8 Å². The Labute approximate surface area is 134 Å². The molecule has 0 spiro atoms. The summed E-state index contributed by atoms with van der Waals surface area (Å²) in [6.45, 7) is 0.478. The predicted octanol–water partition coefficient (Wildman–Crippen LogP) is 3.31. The minimum atomic E-state index is 0.429. The van der Waals surface area contributed by atoms with Crippen LogP contribution in [0.4, 0.5) is 5.82 Å². The van der Waals surface area contributed by atoms with Crippen molar-refractivity contribution in [3.8, 4) is 22.9 Å². The van der Waals surface area contributed by atoms with Crippen molar-refractivity contribution < 1.29 is 9.47 Å². The molecule has 0 saturated heterocycles. The third-order valence-corrected chi connectivity index (χ3v) is 3.34. The average Bonchev–Trinajstić information content (AvgIpc) is 2.60. The van der Waals surface area contributed by atoms with E-state index < -0.39 is 0 Å². The van der Waals surface area contributed by atoms with Crippen LogP contribution in [-0.2, 0) is 6.61 Å². The molecule has 3 rings (SSSR count). The first kappa shape index (κ1) is 14.8. The van der Waals surface area contributed by atoms with E-state index >= 15 is 0 Å². The van der Waals surface area contributed by atoms with Crippen molar-refractivity contribution in [2.75, 3.05) is 12.8 Å². The number of aromatic nitrogens is 2. The highest BCUT2D eigenvalue weighted by Crippen LogP contribution is 2.32. The third kappa shape index (κ3) is 3.58. The van der Waals surface area contributed by atoms with Crippen molar-refractivity contribution in [2.45, 2.75) is 6.61 Å². The third-order valence-electron chi connectivity index (χ3n) is 3.34. The Hall–Kier alpha value is -3.08. The second-order valence-electron chi connectivity index (χ2n) is 4.95. The molecule has 0 saturated carbocycles. The van der Waals surface area contributed by atoms with Gasteiger partial charge in [0.15, 0.2) is 17.3 Å². The minimum Gasteiger partial charge on any atom is -0.493 e. The number of methoxy groups -OCH3 is 1. The molecule has 0 radical (unpaired) electrons. The fraction of sp³-hybridized carbons (Fsp3) is 0.111. The largest absolute Gasteiger partial charge is 0.493 e. The SMILES string of the molecule is COc1cc(-c2nccc(N)n2)ccc1OCc1ccccc1. The van der Waals surface area contributed by atoms with E-state index in [0.717, 1.165) is 11.1 Å². The van der Waals surface area contributed by atoms with Crippen LogP contribution in [0.3, 0.4) is 0 Å². The highest BCUT2D eigenvalue weighted by molar-refractivity contribution is 5.62. The van der Waals surface area contributed by atoms with Gasteiger partial charge in [0.1, 0.15) is 12.4 Å². The summed E-state index contributed by atoms with van der Waals surface area (Å²) in [4.78, 5) is 8.43. The summed E-state index contributed by atoms with van der Waals surface area (Å²) in [6.07, 6.45) is 1.63. The first-order chi connectivity index (χ1) is 11.3. The lowest BCUT2D eigenvalue weighted by molar-refractivity contribution is 0.284. The maximum absolute atomic E-state index is 5.84. The second kappa shape index (κ2) is 6.79. The minimum absolute atomic E-state index is 0.429. The molecule has 0 aliphatic carbocycles. The fourth-order valence-corrected chi connectivity index (χ4v) is 2.17. The van der Waals surface area contributed by atoms with Crippen LogP contribution < -0.4 is 15.2 Å². The standard InChI is InChI=1S/C18H17N3O2/c1-22-16-11-14(18-20-10-9-17(19)21-18)7-8-15(16)23-12-13-5-3-2-4-6-13/h2-11H,12H2,1H3,(H2,19,20,21). The van der Waals surface area contributed by atoms with Gasteiger partial charge in [-0.05, 0) is 29.8 Å². The average molecular weight is 307 g/mol. The number of hydrogen-bond acceptors (Lipinski definition) is 5. The van der Waals surface area contributed by atoms with Crippen LogP contribution in [0.25, 0.3) is 11.4 Å². The van der Waals surface area contributed by atoms with Gasteiger partial charge in [-0.2, -0.15) is 0 Å². The quantitative estimate of drug-likeness (QED) is 0.783. The molecule has 1 aromatic heterocycles. The van der Waals surface area contributed by atoms with Crippen molar-refractivity contribution in [3.05, 3.63) is 66.4 Å². The molecule has 0 atom stereocenters. The summed E-state index contributed by atoms with van der Waals surface area (Å²) in [5, 5.41) is 0. The van der Waals surface area contributed by atoms with E-state index in [2.05, 4.69) is 9.97 Å². The number of rotatable bonds is 5. The summed E-state index contributed by atoms with van der Waals surface area (Å²) >= 11 is 0. The molecule has 0 fully saturated rings. The van der Waals surface area contributed by atoms with E-state index in [1.165, 1.54) is 0 Å². The number of hydrogen-bond donors (Lipinski definition) is 1. The fourth-order valence-electron chi connectivity index (χ4n) is 2.17. The Kier molecular flexibility index (Phi) is 4.38. The molecule has 2 N–H and O–H groups in total. The zero-order chi connectivity index (χ0) is 16.1. The topological polar surface area (TPSA) is 70.3 Å². The van der Waals surface area contributed by atoms with E-state index in [9.17, 15) is 0 Å². The Bertz CT molecular complexity index is 791. The number of nitrogens with two attached hydrogens (primary N) is 1. The molecule has 116 valence electrons. The van der Waals surface area contributed by atoms with Gasteiger partial charge in [-0.25, -0.2) is 9.97 Å². The Balaban J connectivity index is 1.82. The molecular formula is C18H17N3O2. The van der Waals surface area contributed by atoms with E-state index in [1.807, 2.05) is 48.5 Å². The lowest BCUT2D eigenvalue weighted by Crippen LogP contribution is -1.99. The maximum atomic E-state index is 5.84. The van der Waals surface area contributed by atoms with Crippen LogP contribution in [0.1, 0.15) is 5.56 Å². The van der Waals surface area contributed by atoms with E-state index in [-0.39, 0.29) is 0 Å². The number of ether oxygens (including phenoxy) is 2. The molecule has 0 aliphatic heterocycles. The molecule has 5 heteroatoms. The Morgan fingerprint density at radius 3 is 2.57 bits per heavy atom. The van der Waals surface area contributed by atoms with Gasteiger partial charge in [-0.1, -0.05) is 30.3 Å². The van der Waals surface area contributed by atoms with Crippen molar-refractivity contribution in [1.29, 1.82) is 0 Å². The number of anilines is 1. The molecule has 2 aromatic carbocycles. The van der Waals surface area contributed by atoms with Gasteiger partial charge in [0.05, 0.1) is 7.11 Å². The van der Waals surface area contributed by atoms with Crippen molar-refractivity contribution in [3.63, 3.8) is 0 Å². The normalized spacial score (nSPS) is 10.3. The van der Waals surface area contributed by atoms with Crippen LogP contribution in [0, 0.1) is 0 Å². The smallest absolute Gasteiger partial charge is 0.161 e. The van der Waals surface area contributed by atoms with Gasteiger partial charge in [0.25, 0.3) is 0 Å². The summed E-state index contributed by atoms with van der Waals surface area (Å²) in [7, 11) is 1.61. The molecule has 0 amide bonds. The predicted molar refractivity (Wildman–Crippen MR) is 89.2 cm³/mol. The van der Waals surface area contributed by atoms with Crippen molar-refractivity contribution in [2.24, 2.45) is 0 Å². The van der Waals surface area contributed by atoms with E-state index in [4.69, 9.17) is 15.2 Å². The molecule has 3 aromatic rings. The van der Waals surface area contributed by atoms with Crippen molar-refractivity contribution in [1.82, 2.24) is 9.97 Å². The monoisotopic (exact) mass is 307 g/mol. The van der Waals surface area contributed by atoms with Gasteiger partial charge in [0.2, 0.25) is 0 Å². The molecule has 0 bridgehead atoms. The highest BCUT2D eigenvalue weighted by atomic mass is 16.5. The van der Waals surface area contributed by atoms with Gasteiger partial charge >= 0.3 is 0 Å². The first-order valence-corrected chi connectivity index (χ1v) is 7.20. The van der Waals surface area contributed by atoms with Crippen LogP contribution in [-0.4, -0.2) is 17.1 Å². The Morgan fingerprint density at radius 1 is 1.00 bits per heavy atom. The second-order valence-corrected chi connectivity index (χ2v) is 4.95. The van der Waals surface area contributed by atoms with Gasteiger partial charge in [-0.15, -0.1) is 0 Å². The zero-order valence-corrected chi connectivity index (χ0v) is 12.8. The van der Waals surface area contributed by atoms with Crippen molar-refractivity contribution >= 4 is 5.82 Å². The van der Waals surface area contributed by atoms with Crippen LogP contribution in [0.15, 0.2) is 60.8 Å². The zero-order valence-electron chi connectivity index (χ0n) is 12.8. The molecule has 0 aliphatic rings. The summed E-state index contributed by atoms with van der Waals surface area (Å²) in [5.41, 5.74) is 7.62. The number of benzene rings is 2. The summed E-state index contributed by atoms with van der Waals surface area (Å²) in [5.74, 6) is 2.28. The Morgan fingerprint density at radius 2 is 1.83 bits per heavy atom. The van der Waals surface area contributed by atoms with E-state index in [0.29, 0.717) is 29.7 Å². The van der Waals surface area contributed by atoms with E-state index in [1.54, 1.807) is 19.4 Å². The number of nitrogen functional groups attached to an aromatic ring is 1. The first-order valence-electron chi connectivity index (χ1n) is 7.20. The molecular weight excluding hydrogens is 290 g/mol. The van der Waals surface area contributed by atoms with Crippen LogP contribution in [0.2, 0.25) is 0 Å². The molecule has 5 nitrogen and oxygen atoms in total. The highest BCUT2D eigenvalue weighted by Gasteiger charge is 2.09. The summed E-state index contributed by atoms with van der Waals surface area (Å²) in [6, 6.07) is 17.2. The van der Waals surface area contributed by atoms with Crippen LogP contribution in [0.5, 0.6) is 11.5 Å². The number of nitrogens with zero attached hydrogens (tertiary/aromatic N) is 2. The molecule has 23 heavy (non-hydrogen) atoms.